The SMILES string of the molecule is Cc1ccc(C)c(S(=O)(=O)NCCOCCBr)c1. The Balaban J connectivity index is 2.66. The van der Waals surface area contributed by atoms with Crippen molar-refractivity contribution in [2.45, 2.75) is 18.7 Å². The van der Waals surface area contributed by atoms with Gasteiger partial charge in [-0.1, -0.05) is 28.1 Å². The van der Waals surface area contributed by atoms with E-state index in [-0.39, 0.29) is 6.54 Å². The van der Waals surface area contributed by atoms with E-state index < -0.39 is 10.0 Å². The largest absolute Gasteiger partial charge is 0.379 e. The van der Waals surface area contributed by atoms with Crippen molar-refractivity contribution in [3.05, 3.63) is 29.3 Å². The van der Waals surface area contributed by atoms with Gasteiger partial charge in [-0.3, -0.25) is 0 Å². The van der Waals surface area contributed by atoms with Crippen molar-refractivity contribution in [2.24, 2.45) is 0 Å². The third kappa shape index (κ3) is 4.68. The van der Waals surface area contributed by atoms with Crippen LogP contribution in [0.1, 0.15) is 11.1 Å². The molecule has 0 aromatic heterocycles. The summed E-state index contributed by atoms with van der Waals surface area (Å²) in [5.74, 6) is 0. The van der Waals surface area contributed by atoms with E-state index in [0.29, 0.717) is 18.1 Å². The van der Waals surface area contributed by atoms with E-state index in [2.05, 4.69) is 20.7 Å². The third-order valence-corrected chi connectivity index (χ3v) is 4.32. The van der Waals surface area contributed by atoms with Crippen molar-refractivity contribution >= 4 is 26.0 Å². The molecule has 0 bridgehead atoms. The van der Waals surface area contributed by atoms with E-state index in [9.17, 15) is 8.42 Å². The predicted molar refractivity (Wildman–Crippen MR) is 75.7 cm³/mol. The van der Waals surface area contributed by atoms with Crippen LogP contribution in [0.25, 0.3) is 0 Å². The molecule has 0 aliphatic heterocycles. The van der Waals surface area contributed by atoms with Gasteiger partial charge in [0.2, 0.25) is 10.0 Å². The molecule has 0 unspecified atom stereocenters. The van der Waals surface area contributed by atoms with E-state index in [1.807, 2.05) is 19.1 Å². The molecule has 1 aromatic carbocycles. The molecule has 0 saturated carbocycles. The van der Waals surface area contributed by atoms with Crippen molar-refractivity contribution in [1.29, 1.82) is 0 Å². The maximum absolute atomic E-state index is 12.1. The Hall–Kier alpha value is -0.430. The Kier molecular flexibility index (Phi) is 6.28. The molecule has 1 aromatic rings. The number of halogens is 1. The second-order valence-electron chi connectivity index (χ2n) is 3.97. The fraction of sp³-hybridized carbons (Fsp3) is 0.500. The van der Waals surface area contributed by atoms with E-state index in [1.54, 1.807) is 13.0 Å². The van der Waals surface area contributed by atoms with Crippen molar-refractivity contribution in [3.63, 3.8) is 0 Å². The maximum Gasteiger partial charge on any atom is 0.240 e. The lowest BCUT2D eigenvalue weighted by molar-refractivity contribution is 0.156. The maximum atomic E-state index is 12.1. The number of hydrogen-bond donors (Lipinski definition) is 1. The highest BCUT2D eigenvalue weighted by Gasteiger charge is 2.15. The van der Waals surface area contributed by atoms with Gasteiger partial charge in [-0.15, -0.1) is 0 Å². The Morgan fingerprint density at radius 3 is 2.67 bits per heavy atom. The minimum Gasteiger partial charge on any atom is -0.379 e. The molecule has 18 heavy (non-hydrogen) atoms. The zero-order valence-corrected chi connectivity index (χ0v) is 13.0. The van der Waals surface area contributed by atoms with Crippen molar-refractivity contribution in [3.8, 4) is 0 Å². The summed E-state index contributed by atoms with van der Waals surface area (Å²) in [5.41, 5.74) is 1.67. The molecular weight excluding hydrogens is 318 g/mol. The first kappa shape index (κ1) is 15.6. The number of benzene rings is 1. The Bertz CT molecular complexity index is 488. The summed E-state index contributed by atoms with van der Waals surface area (Å²) in [6.07, 6.45) is 0. The zero-order chi connectivity index (χ0) is 13.6. The number of aryl methyl sites for hydroxylation is 2. The molecule has 6 heteroatoms. The fourth-order valence-electron chi connectivity index (χ4n) is 1.48. The molecule has 102 valence electrons. The summed E-state index contributed by atoms with van der Waals surface area (Å²) in [6.45, 7) is 4.89. The number of ether oxygens (including phenoxy) is 1. The third-order valence-electron chi connectivity index (χ3n) is 2.39. The molecule has 0 heterocycles. The minimum atomic E-state index is -3.44. The van der Waals surface area contributed by atoms with Crippen LogP contribution in [0.4, 0.5) is 0 Å². The van der Waals surface area contributed by atoms with E-state index >= 15 is 0 Å². The van der Waals surface area contributed by atoms with Crippen LogP contribution in [0.5, 0.6) is 0 Å². The Labute approximate surface area is 117 Å². The van der Waals surface area contributed by atoms with Crippen LogP contribution in [0.15, 0.2) is 23.1 Å². The van der Waals surface area contributed by atoms with Gasteiger partial charge in [0.1, 0.15) is 0 Å². The molecule has 0 spiro atoms. The molecule has 0 fully saturated rings. The van der Waals surface area contributed by atoms with E-state index in [4.69, 9.17) is 4.74 Å². The average molecular weight is 336 g/mol. The molecule has 0 aliphatic carbocycles. The fourth-order valence-corrected chi connectivity index (χ4v) is 3.05. The van der Waals surface area contributed by atoms with Gasteiger partial charge in [-0.25, -0.2) is 13.1 Å². The van der Waals surface area contributed by atoms with Crippen LogP contribution in [0, 0.1) is 13.8 Å². The summed E-state index contributed by atoms with van der Waals surface area (Å²) >= 11 is 3.23. The highest BCUT2D eigenvalue weighted by atomic mass is 79.9. The molecule has 1 N–H and O–H groups in total. The number of nitrogens with one attached hydrogen (secondary N) is 1. The molecule has 1 rings (SSSR count). The molecule has 0 radical (unpaired) electrons. The zero-order valence-electron chi connectivity index (χ0n) is 10.6. The monoisotopic (exact) mass is 335 g/mol. The van der Waals surface area contributed by atoms with Gasteiger partial charge in [0.15, 0.2) is 0 Å². The van der Waals surface area contributed by atoms with Crippen molar-refractivity contribution in [2.75, 3.05) is 25.1 Å². The lowest BCUT2D eigenvalue weighted by Crippen LogP contribution is -2.28. The number of hydrogen-bond acceptors (Lipinski definition) is 3. The standard InChI is InChI=1S/C12H18BrNO3S/c1-10-3-4-11(2)12(9-10)18(15,16)14-6-8-17-7-5-13/h3-4,9,14H,5-8H2,1-2H3. The topological polar surface area (TPSA) is 55.4 Å². The first-order valence-corrected chi connectivity index (χ1v) is 8.28. The van der Waals surface area contributed by atoms with Crippen molar-refractivity contribution < 1.29 is 13.2 Å². The lowest BCUT2D eigenvalue weighted by Gasteiger charge is -2.10. The number of sulfonamides is 1. The first-order chi connectivity index (χ1) is 8.47. The van der Waals surface area contributed by atoms with Gasteiger partial charge in [0.25, 0.3) is 0 Å². The molecule has 0 atom stereocenters. The second-order valence-corrected chi connectivity index (χ2v) is 6.50. The van der Waals surface area contributed by atoms with Crippen LogP contribution in [0.2, 0.25) is 0 Å². The van der Waals surface area contributed by atoms with Crippen LogP contribution < -0.4 is 4.72 Å². The number of rotatable bonds is 7. The summed E-state index contributed by atoms with van der Waals surface area (Å²) in [5, 5.41) is 0.747. The highest BCUT2D eigenvalue weighted by molar-refractivity contribution is 9.09. The van der Waals surface area contributed by atoms with Crippen LogP contribution in [-0.4, -0.2) is 33.5 Å². The summed E-state index contributed by atoms with van der Waals surface area (Å²) in [4.78, 5) is 0.336. The van der Waals surface area contributed by atoms with Gasteiger partial charge in [0.05, 0.1) is 18.1 Å². The van der Waals surface area contributed by atoms with Gasteiger partial charge >= 0.3 is 0 Å². The summed E-state index contributed by atoms with van der Waals surface area (Å²) < 4.78 is 31.9. The second kappa shape index (κ2) is 7.23. The smallest absolute Gasteiger partial charge is 0.240 e. The minimum absolute atomic E-state index is 0.280. The quantitative estimate of drug-likeness (QED) is 0.612. The van der Waals surface area contributed by atoms with Crippen LogP contribution in [0.3, 0.4) is 0 Å². The van der Waals surface area contributed by atoms with E-state index in [1.165, 1.54) is 0 Å². The Morgan fingerprint density at radius 2 is 2.00 bits per heavy atom. The highest BCUT2D eigenvalue weighted by Crippen LogP contribution is 2.16. The van der Waals surface area contributed by atoms with Gasteiger partial charge in [0, 0.05) is 11.9 Å². The van der Waals surface area contributed by atoms with Crippen molar-refractivity contribution in [1.82, 2.24) is 4.72 Å². The molecule has 0 saturated heterocycles. The molecule has 0 aliphatic rings. The van der Waals surface area contributed by atoms with Gasteiger partial charge in [-0.05, 0) is 31.0 Å². The van der Waals surface area contributed by atoms with E-state index in [0.717, 1.165) is 16.5 Å². The van der Waals surface area contributed by atoms with Gasteiger partial charge in [-0.2, -0.15) is 0 Å². The molecule has 0 amide bonds. The average Bonchev–Trinajstić information content (AvgIpc) is 2.32. The molecule has 4 nitrogen and oxygen atoms in total. The normalized spacial score (nSPS) is 11.7. The Morgan fingerprint density at radius 1 is 1.28 bits per heavy atom. The predicted octanol–water partition coefficient (Wildman–Crippen LogP) is 1.99. The number of alkyl halides is 1. The van der Waals surface area contributed by atoms with Crippen LogP contribution >= 0.6 is 15.9 Å². The molecular formula is C12H18BrNO3S. The summed E-state index contributed by atoms with van der Waals surface area (Å²) in [7, 11) is -3.44. The summed E-state index contributed by atoms with van der Waals surface area (Å²) in [6, 6.07) is 5.38. The lowest BCUT2D eigenvalue weighted by atomic mass is 10.2. The van der Waals surface area contributed by atoms with Crippen LogP contribution in [-0.2, 0) is 14.8 Å². The van der Waals surface area contributed by atoms with Gasteiger partial charge < -0.3 is 4.74 Å². The first-order valence-electron chi connectivity index (χ1n) is 5.68.